The molecule has 0 aliphatic carbocycles. The number of fused-ring (bicyclic) bond motifs is 2. The second-order valence-corrected chi connectivity index (χ2v) is 6.98. The SMILES string of the molecule is C[C@@H](CN1C(=O)C[C@H]2Sc3ccccc3N=C21)[NH+](C)C. The molecule has 1 aromatic rings. The molecule has 2 atom stereocenters. The zero-order valence-electron chi connectivity index (χ0n) is 12.1. The molecular weight excluding hydrogens is 270 g/mol. The fourth-order valence-electron chi connectivity index (χ4n) is 2.47. The topological polar surface area (TPSA) is 37.1 Å². The average molecular weight is 290 g/mol. The van der Waals surface area contributed by atoms with Crippen molar-refractivity contribution in [3.63, 3.8) is 0 Å². The van der Waals surface area contributed by atoms with Crippen molar-refractivity contribution >= 4 is 29.2 Å². The lowest BCUT2D eigenvalue weighted by Gasteiger charge is -2.26. The minimum absolute atomic E-state index is 0.196. The van der Waals surface area contributed by atoms with E-state index in [1.54, 1.807) is 11.8 Å². The number of thioether (sulfide) groups is 1. The van der Waals surface area contributed by atoms with Crippen LogP contribution in [0.25, 0.3) is 0 Å². The van der Waals surface area contributed by atoms with Gasteiger partial charge in [0.2, 0.25) is 5.91 Å². The van der Waals surface area contributed by atoms with Crippen LogP contribution in [0.3, 0.4) is 0 Å². The molecule has 106 valence electrons. The van der Waals surface area contributed by atoms with Crippen LogP contribution in [-0.2, 0) is 4.79 Å². The molecule has 0 spiro atoms. The Kier molecular flexibility index (Phi) is 3.56. The van der Waals surface area contributed by atoms with Crippen molar-refractivity contribution in [1.29, 1.82) is 0 Å². The number of carbonyl (C=O) groups is 1. The van der Waals surface area contributed by atoms with Crippen LogP contribution in [0.1, 0.15) is 13.3 Å². The van der Waals surface area contributed by atoms with Gasteiger partial charge in [0.25, 0.3) is 0 Å². The molecule has 4 nitrogen and oxygen atoms in total. The summed E-state index contributed by atoms with van der Waals surface area (Å²) < 4.78 is 0. The van der Waals surface area contributed by atoms with Crippen LogP contribution in [0.5, 0.6) is 0 Å². The normalized spacial score (nSPS) is 22.6. The molecule has 2 aliphatic rings. The van der Waals surface area contributed by atoms with E-state index in [4.69, 9.17) is 4.99 Å². The summed E-state index contributed by atoms with van der Waals surface area (Å²) in [5.41, 5.74) is 0.994. The van der Waals surface area contributed by atoms with Gasteiger partial charge in [-0.25, -0.2) is 4.99 Å². The van der Waals surface area contributed by atoms with Crippen molar-refractivity contribution in [2.24, 2.45) is 4.99 Å². The van der Waals surface area contributed by atoms with Crippen molar-refractivity contribution < 1.29 is 9.69 Å². The van der Waals surface area contributed by atoms with Crippen molar-refractivity contribution in [3.05, 3.63) is 24.3 Å². The Balaban J connectivity index is 1.89. The summed E-state index contributed by atoms with van der Waals surface area (Å²) in [7, 11) is 4.24. The van der Waals surface area contributed by atoms with Crippen LogP contribution >= 0.6 is 11.8 Å². The Hall–Kier alpha value is -1.33. The van der Waals surface area contributed by atoms with Gasteiger partial charge < -0.3 is 4.90 Å². The van der Waals surface area contributed by atoms with Crippen LogP contribution < -0.4 is 4.90 Å². The number of nitrogens with zero attached hydrogens (tertiary/aromatic N) is 2. The smallest absolute Gasteiger partial charge is 0.229 e. The maximum Gasteiger partial charge on any atom is 0.229 e. The van der Waals surface area contributed by atoms with Crippen molar-refractivity contribution in [2.45, 2.75) is 29.5 Å². The number of hydrogen-bond donors (Lipinski definition) is 1. The van der Waals surface area contributed by atoms with E-state index < -0.39 is 0 Å². The quantitative estimate of drug-likeness (QED) is 0.900. The number of para-hydroxylation sites is 1. The number of likely N-dealkylation sites (tertiary alicyclic amines) is 1. The first-order chi connectivity index (χ1) is 9.56. The Labute approximate surface area is 123 Å². The average Bonchev–Trinajstić information content (AvgIpc) is 2.72. The second kappa shape index (κ2) is 5.22. The van der Waals surface area contributed by atoms with Crippen LogP contribution in [0.4, 0.5) is 5.69 Å². The highest BCUT2D eigenvalue weighted by molar-refractivity contribution is 8.01. The van der Waals surface area contributed by atoms with Crippen molar-refractivity contribution in [2.75, 3.05) is 20.6 Å². The van der Waals surface area contributed by atoms with Gasteiger partial charge in [-0.3, -0.25) is 9.69 Å². The summed E-state index contributed by atoms with van der Waals surface area (Å²) in [5, 5.41) is 0.196. The van der Waals surface area contributed by atoms with Gasteiger partial charge in [-0.1, -0.05) is 12.1 Å². The number of likely N-dealkylation sites (N-methyl/N-ethyl adjacent to an activating group) is 1. The van der Waals surface area contributed by atoms with Crippen LogP contribution in [0.2, 0.25) is 0 Å². The Morgan fingerprint density at radius 3 is 2.95 bits per heavy atom. The highest BCUT2D eigenvalue weighted by atomic mass is 32.2. The fourth-order valence-corrected chi connectivity index (χ4v) is 3.68. The van der Waals surface area contributed by atoms with Crippen LogP contribution in [0.15, 0.2) is 34.2 Å². The Bertz CT molecular complexity index is 570. The largest absolute Gasteiger partial charge is 0.336 e. The standard InChI is InChI=1S/C15H19N3OS/c1-10(17(2)3)9-18-14(19)8-13-15(18)16-11-6-4-5-7-12(11)20-13/h4-7,10,13H,8-9H2,1-3H3/p+1/t10-,13+/m0/s1. The van der Waals surface area contributed by atoms with Crippen LogP contribution in [0, 0.1) is 0 Å². The molecule has 0 saturated carbocycles. The minimum atomic E-state index is 0.196. The van der Waals surface area contributed by atoms with Crippen LogP contribution in [-0.4, -0.2) is 48.6 Å². The zero-order chi connectivity index (χ0) is 14.3. The summed E-state index contributed by atoms with van der Waals surface area (Å²) in [6, 6.07) is 8.53. The number of hydrogen-bond acceptors (Lipinski definition) is 3. The fraction of sp³-hybridized carbons (Fsp3) is 0.467. The predicted octanol–water partition coefficient (Wildman–Crippen LogP) is 0.956. The molecule has 2 heterocycles. The number of amidine groups is 1. The van der Waals surface area contributed by atoms with E-state index in [0.717, 1.165) is 18.1 Å². The highest BCUT2D eigenvalue weighted by Gasteiger charge is 2.40. The lowest BCUT2D eigenvalue weighted by molar-refractivity contribution is -0.882. The number of nitrogens with one attached hydrogen (secondary N) is 1. The first kappa shape index (κ1) is 13.6. The van der Waals surface area contributed by atoms with E-state index in [9.17, 15) is 4.79 Å². The lowest BCUT2D eigenvalue weighted by atomic mass is 10.3. The van der Waals surface area contributed by atoms with Gasteiger partial charge in [-0.15, -0.1) is 11.8 Å². The molecule has 0 bridgehead atoms. The van der Waals surface area contributed by atoms with Gasteiger partial charge >= 0.3 is 0 Å². The molecule has 1 fully saturated rings. The third-order valence-corrected chi connectivity index (χ3v) is 5.30. The van der Waals surface area contributed by atoms with Gasteiger partial charge in [0.05, 0.1) is 31.6 Å². The van der Waals surface area contributed by atoms with Gasteiger partial charge in [-0.2, -0.15) is 0 Å². The molecule has 3 rings (SSSR count). The van der Waals surface area contributed by atoms with Gasteiger partial charge in [-0.05, 0) is 19.1 Å². The highest BCUT2D eigenvalue weighted by Crippen LogP contribution is 2.42. The number of amides is 1. The maximum absolute atomic E-state index is 12.3. The first-order valence-corrected chi connectivity index (χ1v) is 7.89. The molecule has 0 radical (unpaired) electrons. The number of quaternary nitrogens is 1. The molecule has 1 amide bonds. The molecule has 2 aliphatic heterocycles. The summed E-state index contributed by atoms with van der Waals surface area (Å²) in [5.74, 6) is 1.16. The monoisotopic (exact) mass is 290 g/mol. The molecule has 5 heteroatoms. The lowest BCUT2D eigenvalue weighted by Crippen LogP contribution is -3.10. The van der Waals surface area contributed by atoms with Crippen molar-refractivity contribution in [3.8, 4) is 0 Å². The number of rotatable bonds is 3. The predicted molar refractivity (Wildman–Crippen MR) is 81.8 cm³/mol. The summed E-state index contributed by atoms with van der Waals surface area (Å²) in [4.78, 5) is 21.4. The molecule has 1 aromatic carbocycles. The maximum atomic E-state index is 12.3. The number of aliphatic imine (C=N–C) groups is 1. The molecule has 0 aromatic heterocycles. The summed E-state index contributed by atoms with van der Waals surface area (Å²) in [6.45, 7) is 2.92. The van der Waals surface area contributed by atoms with Crippen molar-refractivity contribution in [1.82, 2.24) is 4.90 Å². The minimum Gasteiger partial charge on any atom is -0.336 e. The third kappa shape index (κ3) is 2.36. The van der Waals surface area contributed by atoms with E-state index in [2.05, 4.69) is 27.1 Å². The van der Waals surface area contributed by atoms with E-state index in [0.29, 0.717) is 12.5 Å². The van der Waals surface area contributed by atoms with Gasteiger partial charge in [0, 0.05) is 11.3 Å². The second-order valence-electron chi connectivity index (χ2n) is 5.73. The molecule has 20 heavy (non-hydrogen) atoms. The summed E-state index contributed by atoms with van der Waals surface area (Å²) >= 11 is 1.77. The molecule has 0 unspecified atom stereocenters. The first-order valence-electron chi connectivity index (χ1n) is 7.01. The van der Waals surface area contributed by atoms with Gasteiger partial charge in [0.1, 0.15) is 11.9 Å². The Morgan fingerprint density at radius 1 is 1.45 bits per heavy atom. The van der Waals surface area contributed by atoms with E-state index in [1.807, 2.05) is 23.1 Å². The Morgan fingerprint density at radius 2 is 2.20 bits per heavy atom. The molecule has 1 N–H and O–H groups in total. The zero-order valence-corrected chi connectivity index (χ0v) is 12.9. The summed E-state index contributed by atoms with van der Waals surface area (Å²) in [6.07, 6.45) is 0.577. The van der Waals surface area contributed by atoms with Gasteiger partial charge in [0.15, 0.2) is 0 Å². The third-order valence-electron chi connectivity index (χ3n) is 4.04. The van der Waals surface area contributed by atoms with E-state index in [-0.39, 0.29) is 11.2 Å². The molecule has 1 saturated heterocycles. The number of carbonyl (C=O) groups excluding carboxylic acids is 1. The van der Waals surface area contributed by atoms with E-state index in [1.165, 1.54) is 9.80 Å². The number of benzene rings is 1. The molecular formula is C15H20N3OS+. The van der Waals surface area contributed by atoms with E-state index >= 15 is 0 Å².